The van der Waals surface area contributed by atoms with E-state index in [0.29, 0.717) is 49.1 Å². The summed E-state index contributed by atoms with van der Waals surface area (Å²) in [5.74, 6) is 0.586. The Hall–Kier alpha value is -3.33. The van der Waals surface area contributed by atoms with Crippen LogP contribution in [0.5, 0.6) is 0 Å². The number of ether oxygens (including phenoxy) is 1. The zero-order valence-corrected chi connectivity index (χ0v) is 15.8. The number of hydrogen-bond acceptors (Lipinski definition) is 7. The number of amides is 1. The van der Waals surface area contributed by atoms with E-state index in [-0.39, 0.29) is 17.6 Å². The Morgan fingerprint density at radius 2 is 1.97 bits per heavy atom. The van der Waals surface area contributed by atoms with Gasteiger partial charge in [0.05, 0.1) is 18.8 Å². The van der Waals surface area contributed by atoms with Crippen molar-refractivity contribution in [2.75, 3.05) is 31.2 Å². The van der Waals surface area contributed by atoms with Gasteiger partial charge in [0.1, 0.15) is 17.7 Å². The first-order valence-corrected chi connectivity index (χ1v) is 9.30. The summed E-state index contributed by atoms with van der Waals surface area (Å²) in [6, 6.07) is 8.73. The van der Waals surface area contributed by atoms with Gasteiger partial charge in [0, 0.05) is 24.8 Å². The maximum absolute atomic E-state index is 13.1. The monoisotopic (exact) mass is 397 g/mol. The first-order valence-electron chi connectivity index (χ1n) is 9.30. The van der Waals surface area contributed by atoms with Gasteiger partial charge in [0.15, 0.2) is 0 Å². The molecule has 29 heavy (non-hydrogen) atoms. The highest BCUT2D eigenvalue weighted by molar-refractivity contribution is 5.99. The summed E-state index contributed by atoms with van der Waals surface area (Å²) in [7, 11) is 0. The van der Waals surface area contributed by atoms with E-state index >= 15 is 0 Å². The molecule has 1 aromatic carbocycles. The average molecular weight is 397 g/mol. The van der Waals surface area contributed by atoms with Crippen LogP contribution in [0.2, 0.25) is 0 Å². The first-order chi connectivity index (χ1) is 14.1. The summed E-state index contributed by atoms with van der Waals surface area (Å²) in [5.41, 5.74) is 1.10. The summed E-state index contributed by atoms with van der Waals surface area (Å²) in [5, 5.41) is 6.79. The minimum Gasteiger partial charge on any atom is -0.378 e. The number of anilines is 1. The van der Waals surface area contributed by atoms with E-state index in [1.807, 2.05) is 4.90 Å². The topological polar surface area (TPSA) is 93.4 Å². The van der Waals surface area contributed by atoms with Crippen LogP contribution >= 0.6 is 0 Å². The number of nitrogens with zero attached hydrogens (tertiary/aromatic N) is 4. The molecule has 9 heteroatoms. The van der Waals surface area contributed by atoms with E-state index in [2.05, 4.69) is 20.4 Å². The lowest BCUT2D eigenvalue weighted by molar-refractivity contribution is 0.0930. The van der Waals surface area contributed by atoms with Gasteiger partial charge < -0.3 is 19.5 Å². The van der Waals surface area contributed by atoms with E-state index in [1.54, 1.807) is 37.4 Å². The quantitative estimate of drug-likeness (QED) is 0.707. The second-order valence-corrected chi connectivity index (χ2v) is 6.63. The number of benzene rings is 1. The Labute approximate surface area is 166 Å². The molecule has 0 saturated carbocycles. The first kappa shape index (κ1) is 19.0. The number of carbonyl (C=O) groups is 1. The fourth-order valence-electron chi connectivity index (χ4n) is 3.06. The van der Waals surface area contributed by atoms with Crippen molar-refractivity contribution >= 4 is 11.7 Å². The molecule has 1 aliphatic heterocycles. The molecule has 4 rings (SSSR count). The number of nitrogens with one attached hydrogen (secondary N) is 1. The largest absolute Gasteiger partial charge is 0.378 e. The Kier molecular flexibility index (Phi) is 5.48. The lowest BCUT2D eigenvalue weighted by atomic mass is 10.2. The van der Waals surface area contributed by atoms with Crippen LogP contribution in [-0.2, 0) is 4.74 Å². The average Bonchev–Trinajstić information content (AvgIpc) is 3.25. The number of halogens is 1. The highest BCUT2D eigenvalue weighted by atomic mass is 19.1. The molecule has 3 heterocycles. The fraction of sp³-hybridized carbons (Fsp3) is 0.300. The zero-order chi connectivity index (χ0) is 20.2. The predicted octanol–water partition coefficient (Wildman–Crippen LogP) is 2.60. The minimum absolute atomic E-state index is 0.259. The molecule has 1 atom stereocenters. The van der Waals surface area contributed by atoms with Crippen molar-refractivity contribution in [2.45, 2.75) is 13.0 Å². The lowest BCUT2D eigenvalue weighted by Crippen LogP contribution is -2.38. The zero-order valence-electron chi connectivity index (χ0n) is 15.8. The fourth-order valence-corrected chi connectivity index (χ4v) is 3.06. The molecule has 0 radical (unpaired) electrons. The van der Waals surface area contributed by atoms with Gasteiger partial charge in [0.2, 0.25) is 11.7 Å². The van der Waals surface area contributed by atoms with Crippen LogP contribution in [0, 0.1) is 5.82 Å². The third-order valence-corrected chi connectivity index (χ3v) is 4.60. The van der Waals surface area contributed by atoms with E-state index in [0.717, 1.165) is 0 Å². The molecule has 0 aliphatic carbocycles. The second kappa shape index (κ2) is 8.36. The van der Waals surface area contributed by atoms with Gasteiger partial charge in [0.25, 0.3) is 5.91 Å². The summed E-state index contributed by atoms with van der Waals surface area (Å²) < 4.78 is 23.7. The van der Waals surface area contributed by atoms with Gasteiger partial charge in [-0.05, 0) is 43.3 Å². The van der Waals surface area contributed by atoms with Crippen LogP contribution in [0.15, 0.2) is 47.1 Å². The van der Waals surface area contributed by atoms with Gasteiger partial charge in [-0.25, -0.2) is 9.37 Å². The Bertz CT molecular complexity index is 986. The molecular weight excluding hydrogens is 377 g/mol. The SMILES string of the molecule is CC(NC(=O)c1cccnc1N1CCOCC1)c1nc(-c2ccc(F)cc2)no1. The number of aromatic nitrogens is 3. The number of carbonyl (C=O) groups excluding carboxylic acids is 1. The number of hydrogen-bond donors (Lipinski definition) is 1. The maximum Gasteiger partial charge on any atom is 0.255 e. The molecule has 1 amide bonds. The molecule has 1 unspecified atom stereocenters. The minimum atomic E-state index is -0.512. The maximum atomic E-state index is 13.1. The Morgan fingerprint density at radius 1 is 1.21 bits per heavy atom. The van der Waals surface area contributed by atoms with Gasteiger partial charge >= 0.3 is 0 Å². The molecule has 1 aliphatic rings. The normalized spacial score (nSPS) is 15.2. The standard InChI is InChI=1S/C20H20FN5O3/c1-13(20-24-17(25-29-20)14-4-6-15(21)7-5-14)23-19(27)16-3-2-8-22-18(16)26-9-11-28-12-10-26/h2-8,13H,9-12H2,1H3,(H,23,27). The van der Waals surface area contributed by atoms with Crippen LogP contribution in [0.4, 0.5) is 10.2 Å². The highest BCUT2D eigenvalue weighted by Crippen LogP contribution is 2.22. The van der Waals surface area contributed by atoms with E-state index in [4.69, 9.17) is 9.26 Å². The van der Waals surface area contributed by atoms with Crippen LogP contribution < -0.4 is 10.2 Å². The molecular formula is C20H20FN5O3. The van der Waals surface area contributed by atoms with E-state index in [9.17, 15) is 9.18 Å². The molecule has 0 spiro atoms. The third-order valence-electron chi connectivity index (χ3n) is 4.60. The van der Waals surface area contributed by atoms with Crippen molar-refractivity contribution in [3.63, 3.8) is 0 Å². The van der Waals surface area contributed by atoms with Crippen molar-refractivity contribution in [2.24, 2.45) is 0 Å². The molecule has 2 aromatic heterocycles. The van der Waals surface area contributed by atoms with Crippen molar-refractivity contribution in [3.05, 3.63) is 59.9 Å². The van der Waals surface area contributed by atoms with Gasteiger partial charge in [-0.3, -0.25) is 4.79 Å². The molecule has 3 aromatic rings. The summed E-state index contributed by atoms with van der Waals surface area (Å²) in [6.07, 6.45) is 1.66. The number of rotatable bonds is 5. The van der Waals surface area contributed by atoms with E-state index < -0.39 is 6.04 Å². The number of morpholine rings is 1. The molecule has 150 valence electrons. The smallest absolute Gasteiger partial charge is 0.255 e. The van der Waals surface area contributed by atoms with Crippen LogP contribution in [0.3, 0.4) is 0 Å². The number of pyridine rings is 1. The van der Waals surface area contributed by atoms with Crippen LogP contribution in [0.25, 0.3) is 11.4 Å². The van der Waals surface area contributed by atoms with Crippen LogP contribution in [0.1, 0.15) is 29.2 Å². The van der Waals surface area contributed by atoms with Crippen LogP contribution in [-0.4, -0.2) is 47.3 Å². The molecule has 8 nitrogen and oxygen atoms in total. The summed E-state index contributed by atoms with van der Waals surface area (Å²) in [6.45, 7) is 4.31. The van der Waals surface area contributed by atoms with Crippen molar-refractivity contribution in [1.29, 1.82) is 0 Å². The van der Waals surface area contributed by atoms with Crippen molar-refractivity contribution < 1.29 is 18.4 Å². The van der Waals surface area contributed by atoms with Gasteiger partial charge in [-0.15, -0.1) is 0 Å². The summed E-state index contributed by atoms with van der Waals surface area (Å²) in [4.78, 5) is 23.6. The molecule has 1 saturated heterocycles. The van der Waals surface area contributed by atoms with Crippen molar-refractivity contribution in [1.82, 2.24) is 20.4 Å². The second-order valence-electron chi connectivity index (χ2n) is 6.63. The van der Waals surface area contributed by atoms with Gasteiger partial charge in [-0.1, -0.05) is 5.16 Å². The lowest BCUT2D eigenvalue weighted by Gasteiger charge is -2.29. The molecule has 0 bridgehead atoms. The highest BCUT2D eigenvalue weighted by Gasteiger charge is 2.23. The molecule has 1 fully saturated rings. The van der Waals surface area contributed by atoms with E-state index in [1.165, 1.54) is 12.1 Å². The van der Waals surface area contributed by atoms with Gasteiger partial charge in [-0.2, -0.15) is 4.98 Å². The molecule has 1 N–H and O–H groups in total. The predicted molar refractivity (Wildman–Crippen MR) is 103 cm³/mol. The Morgan fingerprint density at radius 3 is 2.72 bits per heavy atom. The Balaban J connectivity index is 1.48. The summed E-state index contributed by atoms with van der Waals surface area (Å²) >= 11 is 0. The van der Waals surface area contributed by atoms with Crippen molar-refractivity contribution in [3.8, 4) is 11.4 Å². The third kappa shape index (κ3) is 4.24.